The van der Waals surface area contributed by atoms with Crippen molar-refractivity contribution >= 4 is 33.0 Å². The number of nitrogens with one attached hydrogen (secondary N) is 1. The van der Waals surface area contributed by atoms with Gasteiger partial charge in [-0.15, -0.1) is 11.3 Å². The average Bonchev–Trinajstić information content (AvgIpc) is 3.09. The standard InChI is InChI=1S/C20H26N2O4S2/c1-4-17-14(2)12-18(27-17)20(23)21-15-8-9-16(26-3)19(13-15)28(24,25)22-10-6-5-7-11-22/h8-9,12-13H,4-7,10-11H2,1-3H3,(H,21,23). The van der Waals surface area contributed by atoms with Gasteiger partial charge in [-0.1, -0.05) is 13.3 Å². The van der Waals surface area contributed by atoms with Crippen LogP contribution in [0.2, 0.25) is 0 Å². The van der Waals surface area contributed by atoms with Crippen molar-refractivity contribution in [3.63, 3.8) is 0 Å². The van der Waals surface area contributed by atoms with Gasteiger partial charge in [-0.3, -0.25) is 4.79 Å². The first kappa shape index (κ1) is 20.8. The van der Waals surface area contributed by atoms with Crippen LogP contribution in [0.5, 0.6) is 5.75 Å². The normalized spacial score (nSPS) is 15.4. The number of piperidine rings is 1. The number of methoxy groups -OCH3 is 1. The fraction of sp³-hybridized carbons (Fsp3) is 0.450. The third-order valence-corrected chi connectivity index (χ3v) is 8.22. The van der Waals surface area contributed by atoms with Gasteiger partial charge in [0, 0.05) is 23.7 Å². The number of hydrogen-bond donors (Lipinski definition) is 1. The van der Waals surface area contributed by atoms with Crippen LogP contribution in [0, 0.1) is 6.92 Å². The van der Waals surface area contributed by atoms with E-state index in [0.29, 0.717) is 23.7 Å². The molecule has 2 heterocycles. The van der Waals surface area contributed by atoms with Gasteiger partial charge in [0.15, 0.2) is 0 Å². The monoisotopic (exact) mass is 422 g/mol. The van der Waals surface area contributed by atoms with Gasteiger partial charge in [-0.05, 0) is 56.0 Å². The summed E-state index contributed by atoms with van der Waals surface area (Å²) in [6, 6.07) is 6.60. The van der Waals surface area contributed by atoms with E-state index in [-0.39, 0.29) is 16.6 Å². The minimum absolute atomic E-state index is 0.0892. The number of anilines is 1. The van der Waals surface area contributed by atoms with Gasteiger partial charge in [-0.25, -0.2) is 8.42 Å². The Hall–Kier alpha value is -1.90. The van der Waals surface area contributed by atoms with Crippen LogP contribution >= 0.6 is 11.3 Å². The molecule has 1 saturated heterocycles. The summed E-state index contributed by atoms with van der Waals surface area (Å²) < 4.78 is 33.0. The van der Waals surface area contributed by atoms with E-state index in [0.717, 1.165) is 31.2 Å². The molecule has 2 aromatic rings. The van der Waals surface area contributed by atoms with Crippen molar-refractivity contribution in [2.45, 2.75) is 44.4 Å². The van der Waals surface area contributed by atoms with E-state index in [1.165, 1.54) is 33.7 Å². The Morgan fingerprint density at radius 2 is 1.93 bits per heavy atom. The molecule has 0 unspecified atom stereocenters. The summed E-state index contributed by atoms with van der Waals surface area (Å²) in [6.07, 6.45) is 3.63. The Labute approximate surface area is 170 Å². The molecule has 3 rings (SSSR count). The van der Waals surface area contributed by atoms with Crippen molar-refractivity contribution < 1.29 is 17.9 Å². The number of benzene rings is 1. The zero-order valence-corrected chi connectivity index (χ0v) is 18.1. The second-order valence-electron chi connectivity index (χ2n) is 6.85. The molecule has 28 heavy (non-hydrogen) atoms. The molecule has 0 spiro atoms. The second-order valence-corrected chi connectivity index (χ2v) is 9.90. The summed E-state index contributed by atoms with van der Waals surface area (Å²) >= 11 is 1.46. The number of hydrogen-bond acceptors (Lipinski definition) is 5. The third kappa shape index (κ3) is 4.24. The lowest BCUT2D eigenvalue weighted by Gasteiger charge is -2.26. The number of rotatable bonds is 6. The van der Waals surface area contributed by atoms with Gasteiger partial charge in [-0.2, -0.15) is 4.31 Å². The Morgan fingerprint density at radius 1 is 1.21 bits per heavy atom. The molecule has 0 bridgehead atoms. The van der Waals surface area contributed by atoms with Crippen LogP contribution in [0.4, 0.5) is 5.69 Å². The third-order valence-electron chi connectivity index (χ3n) is 4.92. The summed E-state index contributed by atoms with van der Waals surface area (Å²) in [5, 5.41) is 2.82. The lowest BCUT2D eigenvalue weighted by atomic mass is 10.2. The van der Waals surface area contributed by atoms with Crippen LogP contribution < -0.4 is 10.1 Å². The summed E-state index contributed by atoms with van der Waals surface area (Å²) in [7, 11) is -2.23. The molecular formula is C20H26N2O4S2. The summed E-state index contributed by atoms with van der Waals surface area (Å²) in [5.41, 5.74) is 1.53. The highest BCUT2D eigenvalue weighted by Crippen LogP contribution is 2.31. The second kappa shape index (κ2) is 8.63. The zero-order valence-electron chi connectivity index (χ0n) is 16.4. The van der Waals surface area contributed by atoms with Crippen molar-refractivity contribution in [2.75, 3.05) is 25.5 Å². The van der Waals surface area contributed by atoms with Crippen LogP contribution in [-0.4, -0.2) is 38.8 Å². The molecule has 0 saturated carbocycles. The molecule has 6 nitrogen and oxygen atoms in total. The predicted octanol–water partition coefficient (Wildman–Crippen LogP) is 4.05. The smallest absolute Gasteiger partial charge is 0.265 e. The van der Waals surface area contributed by atoms with Gasteiger partial charge in [0.2, 0.25) is 10.0 Å². The van der Waals surface area contributed by atoms with E-state index < -0.39 is 10.0 Å². The van der Waals surface area contributed by atoms with E-state index in [1.807, 2.05) is 13.0 Å². The van der Waals surface area contributed by atoms with Crippen molar-refractivity contribution in [1.82, 2.24) is 4.31 Å². The molecule has 152 valence electrons. The van der Waals surface area contributed by atoms with Crippen LogP contribution in [0.3, 0.4) is 0 Å². The molecule has 1 aromatic carbocycles. The molecule has 1 aliphatic rings. The van der Waals surface area contributed by atoms with Crippen LogP contribution in [0.1, 0.15) is 46.3 Å². The van der Waals surface area contributed by atoms with Crippen LogP contribution in [0.25, 0.3) is 0 Å². The Bertz CT molecular complexity index is 961. The van der Waals surface area contributed by atoms with E-state index in [4.69, 9.17) is 4.74 Å². The number of thiophene rings is 1. The van der Waals surface area contributed by atoms with Crippen molar-refractivity contribution in [3.05, 3.63) is 39.6 Å². The van der Waals surface area contributed by atoms with Crippen molar-refractivity contribution in [1.29, 1.82) is 0 Å². The Balaban J connectivity index is 1.89. The van der Waals surface area contributed by atoms with Crippen molar-refractivity contribution in [2.24, 2.45) is 0 Å². The van der Waals surface area contributed by atoms with Crippen molar-refractivity contribution in [3.8, 4) is 5.75 Å². The number of carbonyl (C=O) groups excluding carboxylic acids is 1. The Kier molecular flexibility index (Phi) is 6.42. The summed E-state index contributed by atoms with van der Waals surface area (Å²) in [4.78, 5) is 14.5. The molecule has 1 N–H and O–H groups in total. The first-order valence-electron chi connectivity index (χ1n) is 9.45. The molecule has 0 radical (unpaired) electrons. The SMILES string of the molecule is CCc1sc(C(=O)Nc2ccc(OC)c(S(=O)(=O)N3CCCCC3)c2)cc1C. The van der Waals surface area contributed by atoms with Crippen LogP contribution in [-0.2, 0) is 16.4 Å². The van der Waals surface area contributed by atoms with E-state index in [2.05, 4.69) is 12.2 Å². The highest BCUT2D eigenvalue weighted by Gasteiger charge is 2.29. The number of ether oxygens (including phenoxy) is 1. The van der Waals surface area contributed by atoms with Gasteiger partial charge < -0.3 is 10.1 Å². The maximum Gasteiger partial charge on any atom is 0.265 e. The lowest BCUT2D eigenvalue weighted by Crippen LogP contribution is -2.35. The summed E-state index contributed by atoms with van der Waals surface area (Å²) in [6.45, 7) is 5.07. The molecule has 1 amide bonds. The molecule has 1 fully saturated rings. The number of amides is 1. The lowest BCUT2D eigenvalue weighted by molar-refractivity contribution is 0.103. The first-order valence-corrected chi connectivity index (χ1v) is 11.7. The zero-order chi connectivity index (χ0) is 20.3. The number of aryl methyl sites for hydroxylation is 2. The summed E-state index contributed by atoms with van der Waals surface area (Å²) in [5.74, 6) is 0.0445. The molecule has 1 aromatic heterocycles. The largest absolute Gasteiger partial charge is 0.495 e. The van der Waals surface area contributed by atoms with Gasteiger partial charge >= 0.3 is 0 Å². The minimum Gasteiger partial charge on any atom is -0.495 e. The van der Waals surface area contributed by atoms with E-state index >= 15 is 0 Å². The first-order chi connectivity index (χ1) is 13.4. The number of carbonyl (C=O) groups is 1. The van der Waals surface area contributed by atoms with Gasteiger partial charge in [0.1, 0.15) is 10.6 Å². The molecule has 8 heteroatoms. The highest BCUT2D eigenvalue weighted by molar-refractivity contribution is 7.89. The predicted molar refractivity (Wildman–Crippen MR) is 112 cm³/mol. The van der Waals surface area contributed by atoms with E-state index in [1.54, 1.807) is 12.1 Å². The van der Waals surface area contributed by atoms with Gasteiger partial charge in [0.25, 0.3) is 5.91 Å². The molecule has 0 atom stereocenters. The number of sulfonamides is 1. The average molecular weight is 423 g/mol. The maximum absolute atomic E-state index is 13.1. The Morgan fingerprint density at radius 3 is 2.54 bits per heavy atom. The molecule has 1 aliphatic heterocycles. The fourth-order valence-corrected chi connectivity index (χ4v) is 6.08. The topological polar surface area (TPSA) is 75.7 Å². The maximum atomic E-state index is 13.1. The minimum atomic E-state index is -3.67. The van der Waals surface area contributed by atoms with E-state index in [9.17, 15) is 13.2 Å². The quantitative estimate of drug-likeness (QED) is 0.762. The molecule has 0 aliphatic carbocycles. The van der Waals surface area contributed by atoms with Gasteiger partial charge in [0.05, 0.1) is 12.0 Å². The van der Waals surface area contributed by atoms with Crippen LogP contribution in [0.15, 0.2) is 29.2 Å². The number of nitrogens with zero attached hydrogens (tertiary/aromatic N) is 1. The fourth-order valence-electron chi connectivity index (χ4n) is 3.38. The molecular weight excluding hydrogens is 396 g/mol. The highest BCUT2D eigenvalue weighted by atomic mass is 32.2.